The maximum Gasteiger partial charge on any atom is 0.258 e. The van der Waals surface area contributed by atoms with E-state index in [0.29, 0.717) is 18.1 Å². The lowest BCUT2D eigenvalue weighted by Gasteiger charge is -2.37. The van der Waals surface area contributed by atoms with Crippen molar-refractivity contribution in [3.63, 3.8) is 0 Å². The molecule has 0 amide bonds. The second kappa shape index (κ2) is 5.89. The van der Waals surface area contributed by atoms with Gasteiger partial charge in [0.25, 0.3) is 5.56 Å². The molecular weight excluding hydrogens is 320 g/mol. The van der Waals surface area contributed by atoms with E-state index in [1.165, 1.54) is 35.8 Å². The summed E-state index contributed by atoms with van der Waals surface area (Å²) in [7, 11) is 2.26. The number of pyridine rings is 1. The average molecular weight is 345 g/mol. The normalized spacial score (nSPS) is 28.8. The molecule has 2 fully saturated rings. The fourth-order valence-corrected chi connectivity index (χ4v) is 5.34. The Balaban J connectivity index is 0.00000146. The molecule has 2 saturated heterocycles. The minimum atomic E-state index is 0. The predicted octanol–water partition coefficient (Wildman–Crippen LogP) is 3.71. The summed E-state index contributed by atoms with van der Waals surface area (Å²) in [6, 6.07) is 8.03. The lowest BCUT2D eigenvalue weighted by atomic mass is 9.89. The number of hydrogen-bond donors (Lipinski definition) is 0. The van der Waals surface area contributed by atoms with Crippen molar-refractivity contribution in [3.8, 4) is 0 Å². The summed E-state index contributed by atoms with van der Waals surface area (Å²) < 4.78 is 2.10. The fourth-order valence-electron chi connectivity index (χ4n) is 5.34. The van der Waals surface area contributed by atoms with Crippen molar-refractivity contribution >= 4 is 23.2 Å². The van der Waals surface area contributed by atoms with E-state index in [2.05, 4.69) is 34.8 Å². The minimum Gasteiger partial charge on any atom is -0.312 e. The molecule has 1 aromatic carbocycles. The van der Waals surface area contributed by atoms with Crippen molar-refractivity contribution in [2.24, 2.45) is 0 Å². The number of hydrogen-bond acceptors (Lipinski definition) is 2. The third-order valence-electron chi connectivity index (χ3n) is 6.59. The van der Waals surface area contributed by atoms with Crippen molar-refractivity contribution in [1.29, 1.82) is 0 Å². The molecule has 0 unspecified atom stereocenters. The highest BCUT2D eigenvalue weighted by molar-refractivity contribution is 5.88. The van der Waals surface area contributed by atoms with Gasteiger partial charge < -0.3 is 9.47 Å². The first-order valence-corrected chi connectivity index (χ1v) is 9.10. The molecule has 2 aromatic rings. The molecule has 3 nitrogen and oxygen atoms in total. The van der Waals surface area contributed by atoms with E-state index in [-0.39, 0.29) is 18.0 Å². The Hall–Kier alpha value is -1.32. The molecule has 3 aliphatic rings. The molecule has 1 aliphatic carbocycles. The van der Waals surface area contributed by atoms with Gasteiger partial charge in [0.05, 0.1) is 0 Å². The molecule has 0 saturated carbocycles. The molecular formula is C20H25ClN2O. The molecule has 1 aromatic heterocycles. The summed E-state index contributed by atoms with van der Waals surface area (Å²) in [5, 5.41) is 2.21. The quantitative estimate of drug-likeness (QED) is 0.788. The highest BCUT2D eigenvalue weighted by Crippen LogP contribution is 2.40. The number of piperidine rings is 1. The van der Waals surface area contributed by atoms with Crippen LogP contribution in [0.1, 0.15) is 49.3 Å². The van der Waals surface area contributed by atoms with E-state index in [4.69, 9.17) is 0 Å². The van der Waals surface area contributed by atoms with Crippen LogP contribution in [-0.2, 0) is 12.8 Å². The average Bonchev–Trinajstić information content (AvgIpc) is 2.79. The van der Waals surface area contributed by atoms with Gasteiger partial charge in [-0.2, -0.15) is 0 Å². The third kappa shape index (κ3) is 2.25. The van der Waals surface area contributed by atoms with Crippen LogP contribution in [0.25, 0.3) is 10.8 Å². The van der Waals surface area contributed by atoms with Crippen molar-refractivity contribution in [3.05, 3.63) is 45.9 Å². The first-order valence-electron chi connectivity index (χ1n) is 9.10. The van der Waals surface area contributed by atoms with Crippen molar-refractivity contribution in [1.82, 2.24) is 9.47 Å². The number of aryl methyl sites for hydroxylation is 2. The Morgan fingerprint density at radius 2 is 1.71 bits per heavy atom. The van der Waals surface area contributed by atoms with Gasteiger partial charge in [-0.25, -0.2) is 0 Å². The van der Waals surface area contributed by atoms with Crippen LogP contribution in [0.5, 0.6) is 0 Å². The Morgan fingerprint density at radius 3 is 2.46 bits per heavy atom. The molecule has 0 N–H and O–H groups in total. The van der Waals surface area contributed by atoms with Gasteiger partial charge in [0.15, 0.2) is 0 Å². The van der Waals surface area contributed by atoms with Crippen LogP contribution in [0.4, 0.5) is 0 Å². The van der Waals surface area contributed by atoms with Gasteiger partial charge in [-0.1, -0.05) is 12.1 Å². The smallest absolute Gasteiger partial charge is 0.258 e. The van der Waals surface area contributed by atoms with Crippen LogP contribution < -0.4 is 5.56 Å². The highest BCUT2D eigenvalue weighted by Gasteiger charge is 2.39. The molecule has 0 spiro atoms. The third-order valence-corrected chi connectivity index (χ3v) is 6.59. The zero-order valence-electron chi connectivity index (χ0n) is 14.2. The molecule has 0 radical (unpaired) electrons. The van der Waals surface area contributed by atoms with E-state index in [1.54, 1.807) is 0 Å². The lowest BCUT2D eigenvalue weighted by molar-refractivity contribution is 0.136. The standard InChI is InChI=1S/C20H24N2O.ClH/c1-21-15-8-9-16(21)11-17(10-15)22-12-14-6-2-4-13-5-3-7-18(19(13)14)20(22)23;/h3,5,7,12,15-17H,2,4,6,8-11H2,1H3;1H/t15-,16+,17-;. The number of halogens is 1. The van der Waals surface area contributed by atoms with E-state index < -0.39 is 0 Å². The van der Waals surface area contributed by atoms with E-state index in [0.717, 1.165) is 31.1 Å². The maximum absolute atomic E-state index is 13.1. The zero-order valence-corrected chi connectivity index (χ0v) is 15.0. The predicted molar refractivity (Wildman–Crippen MR) is 100 cm³/mol. The molecule has 128 valence electrons. The van der Waals surface area contributed by atoms with Crippen LogP contribution in [0.15, 0.2) is 29.2 Å². The van der Waals surface area contributed by atoms with Crippen LogP contribution in [0, 0.1) is 0 Å². The maximum atomic E-state index is 13.1. The second-order valence-corrected chi connectivity index (χ2v) is 7.74. The molecule has 3 atom stereocenters. The molecule has 24 heavy (non-hydrogen) atoms. The van der Waals surface area contributed by atoms with Gasteiger partial charge >= 0.3 is 0 Å². The minimum absolute atomic E-state index is 0. The van der Waals surface area contributed by atoms with Crippen molar-refractivity contribution in [2.75, 3.05) is 7.05 Å². The topological polar surface area (TPSA) is 25.2 Å². The summed E-state index contributed by atoms with van der Waals surface area (Å²) in [5.74, 6) is 0. The Labute approximate surface area is 149 Å². The summed E-state index contributed by atoms with van der Waals surface area (Å²) in [6.45, 7) is 0. The lowest BCUT2D eigenvalue weighted by Crippen LogP contribution is -2.42. The van der Waals surface area contributed by atoms with Gasteiger partial charge in [-0.3, -0.25) is 4.79 Å². The number of rotatable bonds is 1. The van der Waals surface area contributed by atoms with E-state index in [1.807, 2.05) is 6.07 Å². The second-order valence-electron chi connectivity index (χ2n) is 7.74. The van der Waals surface area contributed by atoms with Crippen molar-refractivity contribution in [2.45, 2.75) is 63.1 Å². The monoisotopic (exact) mass is 344 g/mol. The Bertz CT molecular complexity index is 829. The summed E-state index contributed by atoms with van der Waals surface area (Å²) in [4.78, 5) is 15.7. The molecule has 5 rings (SSSR count). The van der Waals surface area contributed by atoms with Crippen molar-refractivity contribution < 1.29 is 0 Å². The van der Waals surface area contributed by atoms with Gasteiger partial charge in [-0.15, -0.1) is 12.4 Å². The number of nitrogens with zero attached hydrogens (tertiary/aromatic N) is 2. The summed E-state index contributed by atoms with van der Waals surface area (Å²) in [5.41, 5.74) is 3.01. The SMILES string of the molecule is CN1[C@@H]2CC[C@H]1C[C@H](n1cc3c4c(cccc4c1=O)CCC3)C2.Cl. The van der Waals surface area contributed by atoms with Gasteiger partial charge in [-0.05, 0) is 74.6 Å². The van der Waals surface area contributed by atoms with E-state index >= 15 is 0 Å². The van der Waals surface area contributed by atoms with Gasteiger partial charge in [0.1, 0.15) is 0 Å². The largest absolute Gasteiger partial charge is 0.312 e. The summed E-state index contributed by atoms with van der Waals surface area (Å²) >= 11 is 0. The van der Waals surface area contributed by atoms with Gasteiger partial charge in [0, 0.05) is 29.7 Å². The Morgan fingerprint density at radius 1 is 1.00 bits per heavy atom. The number of fused-ring (bicyclic) bond motifs is 2. The molecule has 2 bridgehead atoms. The highest BCUT2D eigenvalue weighted by atomic mass is 35.5. The number of benzene rings is 1. The molecule has 2 aliphatic heterocycles. The molecule has 3 heterocycles. The zero-order chi connectivity index (χ0) is 15.6. The molecule has 4 heteroatoms. The fraction of sp³-hybridized carbons (Fsp3) is 0.550. The van der Waals surface area contributed by atoms with Gasteiger partial charge in [0.2, 0.25) is 0 Å². The van der Waals surface area contributed by atoms with Crippen LogP contribution >= 0.6 is 12.4 Å². The first kappa shape index (κ1) is 16.2. The first-order chi connectivity index (χ1) is 11.2. The van der Waals surface area contributed by atoms with E-state index in [9.17, 15) is 4.79 Å². The van der Waals surface area contributed by atoms with Crippen LogP contribution in [0.2, 0.25) is 0 Å². The Kier molecular flexibility index (Phi) is 3.97. The number of aromatic nitrogens is 1. The van der Waals surface area contributed by atoms with Crippen LogP contribution in [-0.4, -0.2) is 28.6 Å². The van der Waals surface area contributed by atoms with Crippen LogP contribution in [0.3, 0.4) is 0 Å². The summed E-state index contributed by atoms with van der Waals surface area (Å²) in [6.07, 6.45) is 10.5.